The van der Waals surface area contributed by atoms with Gasteiger partial charge in [0.05, 0.1) is 6.61 Å². The first-order valence-electron chi connectivity index (χ1n) is 8.83. The maximum atomic E-state index is 6.40. The molecular formula is C21H26Cl2O. The summed E-state index contributed by atoms with van der Waals surface area (Å²) < 4.78 is 5.83. The van der Waals surface area contributed by atoms with Crippen LogP contribution < -0.4 is 4.74 Å². The highest BCUT2D eigenvalue weighted by molar-refractivity contribution is 6.33. The van der Waals surface area contributed by atoms with E-state index in [1.165, 1.54) is 24.8 Å². The van der Waals surface area contributed by atoms with E-state index in [1.807, 2.05) is 24.3 Å². The average molecular weight is 365 g/mol. The van der Waals surface area contributed by atoms with Crippen LogP contribution in [0.5, 0.6) is 5.75 Å². The van der Waals surface area contributed by atoms with Crippen molar-refractivity contribution in [2.45, 2.75) is 45.4 Å². The van der Waals surface area contributed by atoms with Gasteiger partial charge in [-0.05, 0) is 48.6 Å². The second kappa shape index (κ2) is 10.6. The fourth-order valence-corrected chi connectivity index (χ4v) is 3.31. The molecule has 130 valence electrons. The van der Waals surface area contributed by atoms with Gasteiger partial charge in [0.1, 0.15) is 5.75 Å². The zero-order valence-electron chi connectivity index (χ0n) is 14.4. The molecule has 1 nitrogen and oxygen atoms in total. The van der Waals surface area contributed by atoms with Gasteiger partial charge in [-0.2, -0.15) is 0 Å². The molecule has 0 heterocycles. The Labute approximate surface area is 155 Å². The minimum atomic E-state index is 0.770. The van der Waals surface area contributed by atoms with Crippen molar-refractivity contribution in [1.82, 2.24) is 0 Å². The van der Waals surface area contributed by atoms with Crippen LogP contribution >= 0.6 is 23.2 Å². The highest BCUT2D eigenvalue weighted by Crippen LogP contribution is 2.32. The number of benzene rings is 2. The molecule has 0 amide bonds. The number of hydrogen-bond acceptors (Lipinski definition) is 1. The molecule has 0 aliphatic rings. The molecule has 0 N–H and O–H groups in total. The largest absolute Gasteiger partial charge is 0.494 e. The van der Waals surface area contributed by atoms with Crippen LogP contribution in [0, 0.1) is 0 Å². The van der Waals surface area contributed by atoms with Gasteiger partial charge in [0.25, 0.3) is 0 Å². The maximum absolute atomic E-state index is 6.40. The summed E-state index contributed by atoms with van der Waals surface area (Å²) in [4.78, 5) is 0. The second-order valence-corrected chi connectivity index (χ2v) is 6.74. The van der Waals surface area contributed by atoms with Crippen molar-refractivity contribution in [2.75, 3.05) is 12.5 Å². The number of ether oxygens (including phenoxy) is 1. The molecule has 2 rings (SSSR count). The van der Waals surface area contributed by atoms with Gasteiger partial charge >= 0.3 is 0 Å². The second-order valence-electron chi connectivity index (χ2n) is 5.96. The Morgan fingerprint density at radius 3 is 2.29 bits per heavy atom. The number of hydrogen-bond donors (Lipinski definition) is 0. The molecule has 0 aliphatic carbocycles. The molecule has 0 saturated carbocycles. The van der Waals surface area contributed by atoms with Gasteiger partial charge in [0, 0.05) is 16.5 Å². The lowest BCUT2D eigenvalue weighted by atomic mass is 9.98. The van der Waals surface area contributed by atoms with Crippen LogP contribution in [-0.4, -0.2) is 12.5 Å². The topological polar surface area (TPSA) is 9.23 Å². The van der Waals surface area contributed by atoms with E-state index in [2.05, 4.69) is 25.1 Å². The molecule has 2 aromatic rings. The van der Waals surface area contributed by atoms with Crippen molar-refractivity contribution in [3.05, 3.63) is 53.1 Å². The highest BCUT2D eigenvalue weighted by Gasteiger charge is 2.08. The van der Waals surface area contributed by atoms with Crippen LogP contribution in [0.3, 0.4) is 0 Å². The maximum Gasteiger partial charge on any atom is 0.119 e. The Balaban J connectivity index is 1.87. The SMILES string of the molecule is CCc1cccc(Cl)c1-c1ccc(OCCCCCCCCl)cc1. The average Bonchev–Trinajstić information content (AvgIpc) is 2.61. The molecule has 3 heteroatoms. The first kappa shape index (κ1) is 19.1. The predicted octanol–water partition coefficient (Wildman–Crippen LogP) is 7.14. The van der Waals surface area contributed by atoms with Gasteiger partial charge in [-0.25, -0.2) is 0 Å². The van der Waals surface area contributed by atoms with E-state index in [0.29, 0.717) is 0 Å². The molecule has 0 aliphatic heterocycles. The fraction of sp³-hybridized carbons (Fsp3) is 0.429. The standard InChI is InChI=1S/C21H26Cl2O/c1-2-17-9-8-10-20(23)21(17)18-11-13-19(14-12-18)24-16-7-5-3-4-6-15-22/h8-14H,2-7,15-16H2,1H3. The number of rotatable bonds is 10. The van der Waals surface area contributed by atoms with E-state index in [0.717, 1.165) is 53.6 Å². The zero-order chi connectivity index (χ0) is 17.2. The van der Waals surface area contributed by atoms with Crippen molar-refractivity contribution >= 4 is 23.2 Å². The van der Waals surface area contributed by atoms with Crippen molar-refractivity contribution in [2.24, 2.45) is 0 Å². The molecular weight excluding hydrogens is 339 g/mol. The monoisotopic (exact) mass is 364 g/mol. The molecule has 0 fully saturated rings. The summed E-state index contributed by atoms with van der Waals surface area (Å²) in [6.45, 7) is 2.92. The van der Waals surface area contributed by atoms with Gasteiger partial charge in [-0.15, -0.1) is 11.6 Å². The van der Waals surface area contributed by atoms with Crippen molar-refractivity contribution in [3.8, 4) is 16.9 Å². The molecule has 0 spiro atoms. The molecule has 2 aromatic carbocycles. The van der Waals surface area contributed by atoms with Crippen LogP contribution in [0.15, 0.2) is 42.5 Å². The Bertz CT molecular complexity index is 608. The lowest BCUT2D eigenvalue weighted by Crippen LogP contribution is -1.97. The lowest BCUT2D eigenvalue weighted by Gasteiger charge is -2.12. The normalized spacial score (nSPS) is 10.8. The Hall–Kier alpha value is -1.18. The fourth-order valence-electron chi connectivity index (χ4n) is 2.82. The summed E-state index contributed by atoms with van der Waals surface area (Å²) in [5, 5.41) is 0.806. The first-order valence-corrected chi connectivity index (χ1v) is 9.74. The minimum Gasteiger partial charge on any atom is -0.494 e. The third-order valence-electron chi connectivity index (χ3n) is 4.17. The number of alkyl halides is 1. The molecule has 0 saturated heterocycles. The van der Waals surface area contributed by atoms with Gasteiger partial charge in [-0.1, -0.05) is 62.1 Å². The van der Waals surface area contributed by atoms with Gasteiger partial charge in [0.15, 0.2) is 0 Å². The van der Waals surface area contributed by atoms with Crippen molar-refractivity contribution in [3.63, 3.8) is 0 Å². The van der Waals surface area contributed by atoms with E-state index in [4.69, 9.17) is 27.9 Å². The van der Waals surface area contributed by atoms with Crippen LogP contribution in [0.4, 0.5) is 0 Å². The van der Waals surface area contributed by atoms with Crippen LogP contribution in [-0.2, 0) is 6.42 Å². The van der Waals surface area contributed by atoms with Crippen LogP contribution in [0.25, 0.3) is 11.1 Å². The number of aryl methyl sites for hydroxylation is 1. The van der Waals surface area contributed by atoms with E-state index >= 15 is 0 Å². The summed E-state index contributed by atoms with van der Waals surface area (Å²) in [6.07, 6.45) is 6.84. The van der Waals surface area contributed by atoms with E-state index in [-0.39, 0.29) is 0 Å². The highest BCUT2D eigenvalue weighted by atomic mass is 35.5. The van der Waals surface area contributed by atoms with E-state index < -0.39 is 0 Å². The van der Waals surface area contributed by atoms with Crippen LogP contribution in [0.2, 0.25) is 5.02 Å². The smallest absolute Gasteiger partial charge is 0.119 e. The van der Waals surface area contributed by atoms with E-state index in [9.17, 15) is 0 Å². The van der Waals surface area contributed by atoms with Crippen molar-refractivity contribution in [1.29, 1.82) is 0 Å². The number of halogens is 2. The minimum absolute atomic E-state index is 0.770. The summed E-state index contributed by atoms with van der Waals surface area (Å²) in [5.74, 6) is 1.69. The molecule has 0 aromatic heterocycles. The Morgan fingerprint density at radius 1 is 0.875 bits per heavy atom. The van der Waals surface area contributed by atoms with Gasteiger partial charge in [0.2, 0.25) is 0 Å². The lowest BCUT2D eigenvalue weighted by molar-refractivity contribution is 0.304. The third kappa shape index (κ3) is 5.72. The number of unbranched alkanes of at least 4 members (excludes halogenated alkanes) is 4. The van der Waals surface area contributed by atoms with Crippen molar-refractivity contribution < 1.29 is 4.74 Å². The summed E-state index contributed by atoms with van der Waals surface area (Å²) in [7, 11) is 0. The summed E-state index contributed by atoms with van der Waals surface area (Å²) in [5.41, 5.74) is 3.55. The Morgan fingerprint density at radius 2 is 1.58 bits per heavy atom. The molecule has 0 atom stereocenters. The quantitative estimate of drug-likeness (QED) is 0.321. The molecule has 0 radical (unpaired) electrons. The predicted molar refractivity (Wildman–Crippen MR) is 106 cm³/mol. The first-order chi connectivity index (χ1) is 11.8. The molecule has 0 bridgehead atoms. The summed E-state index contributed by atoms with van der Waals surface area (Å²) in [6, 6.07) is 14.3. The molecule has 24 heavy (non-hydrogen) atoms. The van der Waals surface area contributed by atoms with Gasteiger partial charge < -0.3 is 4.74 Å². The summed E-state index contributed by atoms with van der Waals surface area (Å²) >= 11 is 12.1. The third-order valence-corrected chi connectivity index (χ3v) is 4.75. The van der Waals surface area contributed by atoms with Crippen LogP contribution in [0.1, 0.15) is 44.6 Å². The Kier molecular flexibility index (Phi) is 8.49. The van der Waals surface area contributed by atoms with Gasteiger partial charge in [-0.3, -0.25) is 0 Å². The zero-order valence-corrected chi connectivity index (χ0v) is 15.9. The van der Waals surface area contributed by atoms with E-state index in [1.54, 1.807) is 0 Å². The molecule has 0 unspecified atom stereocenters.